The lowest BCUT2D eigenvalue weighted by molar-refractivity contribution is -0.123. The van der Waals surface area contributed by atoms with Crippen LogP contribution in [0.5, 0.6) is 0 Å². The lowest BCUT2D eigenvalue weighted by Gasteiger charge is -2.41. The van der Waals surface area contributed by atoms with Crippen molar-refractivity contribution in [2.24, 2.45) is 11.8 Å². The molecule has 1 amide bonds. The number of piperidine rings is 1. The minimum Gasteiger partial charge on any atom is -0.353 e. The molecule has 2 heterocycles. The van der Waals surface area contributed by atoms with Crippen molar-refractivity contribution in [3.05, 3.63) is 54.4 Å². The van der Waals surface area contributed by atoms with Crippen molar-refractivity contribution in [3.63, 3.8) is 0 Å². The number of aryl methyl sites for hydroxylation is 1. The maximum atomic E-state index is 12.3. The van der Waals surface area contributed by atoms with Gasteiger partial charge in [-0.15, -0.1) is 0 Å². The minimum atomic E-state index is 0.121. The Hall–Kier alpha value is -2.14. The molecule has 0 radical (unpaired) electrons. The maximum Gasteiger partial charge on any atom is 0.222 e. The molecule has 2 atom stereocenters. The van der Waals surface area contributed by atoms with Crippen molar-refractivity contribution >= 4 is 5.91 Å². The number of nitrogens with one attached hydrogen (secondary N) is 1. The highest BCUT2D eigenvalue weighted by atomic mass is 16.1. The number of likely N-dealkylation sites (tertiary alicyclic amines) is 1. The fourth-order valence-electron chi connectivity index (χ4n) is 3.84. The molecular weight excluding hydrogens is 312 g/mol. The number of carbonyl (C=O) groups is 1. The topological polar surface area (TPSA) is 50.2 Å². The molecule has 1 aliphatic rings. The van der Waals surface area contributed by atoms with Gasteiger partial charge in [-0.1, -0.05) is 44.2 Å². The van der Waals surface area contributed by atoms with Crippen molar-refractivity contribution in [3.8, 4) is 0 Å². The van der Waals surface area contributed by atoms with Crippen LogP contribution in [0.2, 0.25) is 0 Å². The Balaban J connectivity index is 1.49. The minimum absolute atomic E-state index is 0.121. The largest absolute Gasteiger partial charge is 0.353 e. The number of aromatic nitrogens is 2. The van der Waals surface area contributed by atoms with E-state index in [1.54, 1.807) is 10.9 Å². The SMILES string of the molecule is C[C@@H]1CN(Cc2ccccc2)C[C@@H](C)C1NC(=O)CCn1cccn1. The molecule has 3 rings (SSSR count). The molecule has 0 bridgehead atoms. The lowest BCUT2D eigenvalue weighted by Crippen LogP contribution is -2.54. The van der Waals surface area contributed by atoms with E-state index < -0.39 is 0 Å². The third-order valence-corrected chi connectivity index (χ3v) is 5.02. The molecule has 0 unspecified atom stereocenters. The van der Waals surface area contributed by atoms with E-state index in [9.17, 15) is 4.79 Å². The van der Waals surface area contributed by atoms with Crippen molar-refractivity contribution in [1.29, 1.82) is 0 Å². The third kappa shape index (κ3) is 4.92. The zero-order valence-electron chi connectivity index (χ0n) is 15.1. The van der Waals surface area contributed by atoms with Gasteiger partial charge in [0.25, 0.3) is 0 Å². The van der Waals surface area contributed by atoms with Gasteiger partial charge >= 0.3 is 0 Å². The third-order valence-electron chi connectivity index (χ3n) is 5.02. The molecule has 0 saturated carbocycles. The van der Waals surface area contributed by atoms with Crippen LogP contribution in [0.15, 0.2) is 48.8 Å². The Morgan fingerprint density at radius 3 is 2.52 bits per heavy atom. The Morgan fingerprint density at radius 2 is 1.88 bits per heavy atom. The average Bonchev–Trinajstić information content (AvgIpc) is 3.11. The molecule has 134 valence electrons. The Morgan fingerprint density at radius 1 is 1.16 bits per heavy atom. The quantitative estimate of drug-likeness (QED) is 0.879. The summed E-state index contributed by atoms with van der Waals surface area (Å²) in [6.07, 6.45) is 4.11. The summed E-state index contributed by atoms with van der Waals surface area (Å²) in [4.78, 5) is 14.8. The van der Waals surface area contributed by atoms with Crippen LogP contribution in [0, 0.1) is 11.8 Å². The van der Waals surface area contributed by atoms with Crippen LogP contribution in [0.25, 0.3) is 0 Å². The first-order valence-electron chi connectivity index (χ1n) is 9.15. The number of benzene rings is 1. The Kier molecular flexibility index (Phi) is 5.87. The first-order chi connectivity index (χ1) is 12.1. The summed E-state index contributed by atoms with van der Waals surface area (Å²) in [5.41, 5.74) is 1.35. The number of hydrogen-bond acceptors (Lipinski definition) is 3. The van der Waals surface area contributed by atoms with Crippen molar-refractivity contribution in [2.75, 3.05) is 13.1 Å². The second-order valence-electron chi connectivity index (χ2n) is 7.25. The van der Waals surface area contributed by atoms with Gasteiger partial charge in [0.05, 0.1) is 0 Å². The molecule has 1 aliphatic heterocycles. The molecule has 5 heteroatoms. The number of hydrogen-bond donors (Lipinski definition) is 1. The van der Waals surface area contributed by atoms with E-state index in [0.29, 0.717) is 24.8 Å². The van der Waals surface area contributed by atoms with E-state index in [1.165, 1.54) is 5.56 Å². The molecule has 5 nitrogen and oxygen atoms in total. The highest BCUT2D eigenvalue weighted by molar-refractivity contribution is 5.76. The second-order valence-corrected chi connectivity index (χ2v) is 7.25. The summed E-state index contributed by atoms with van der Waals surface area (Å²) < 4.78 is 1.80. The summed E-state index contributed by atoms with van der Waals surface area (Å²) in [6, 6.07) is 12.7. The molecule has 1 aromatic carbocycles. The van der Waals surface area contributed by atoms with Crippen LogP contribution in [-0.2, 0) is 17.9 Å². The van der Waals surface area contributed by atoms with Gasteiger partial charge in [0, 0.05) is 51.0 Å². The van der Waals surface area contributed by atoms with Crippen molar-refractivity contribution in [2.45, 2.75) is 39.4 Å². The van der Waals surface area contributed by atoms with Gasteiger partial charge in [-0.3, -0.25) is 14.4 Å². The Labute approximate surface area is 150 Å². The number of rotatable bonds is 6. The summed E-state index contributed by atoms with van der Waals surface area (Å²) in [6.45, 7) is 8.13. The van der Waals surface area contributed by atoms with E-state index in [1.807, 2.05) is 12.3 Å². The molecule has 1 fully saturated rings. The maximum absolute atomic E-state index is 12.3. The van der Waals surface area contributed by atoms with Gasteiger partial charge in [0.1, 0.15) is 0 Å². The molecule has 2 aromatic rings. The van der Waals surface area contributed by atoms with Gasteiger partial charge in [0.15, 0.2) is 0 Å². The predicted molar refractivity (Wildman–Crippen MR) is 98.8 cm³/mol. The van der Waals surface area contributed by atoms with E-state index in [4.69, 9.17) is 0 Å². The molecule has 0 spiro atoms. The van der Waals surface area contributed by atoms with Crippen LogP contribution in [-0.4, -0.2) is 39.7 Å². The zero-order valence-corrected chi connectivity index (χ0v) is 15.1. The number of nitrogens with zero attached hydrogens (tertiary/aromatic N) is 3. The van der Waals surface area contributed by atoms with E-state index in [0.717, 1.165) is 19.6 Å². The monoisotopic (exact) mass is 340 g/mol. The Bertz CT molecular complexity index is 644. The first kappa shape index (κ1) is 17.7. The summed E-state index contributed by atoms with van der Waals surface area (Å²) >= 11 is 0. The first-order valence-corrected chi connectivity index (χ1v) is 9.15. The predicted octanol–water partition coefficient (Wildman–Crippen LogP) is 2.55. The molecule has 1 saturated heterocycles. The molecule has 1 aromatic heterocycles. The highest BCUT2D eigenvalue weighted by Crippen LogP contribution is 2.23. The summed E-state index contributed by atoms with van der Waals surface area (Å²) in [5, 5.41) is 7.40. The number of carbonyl (C=O) groups excluding carboxylic acids is 1. The molecular formula is C20H28N4O. The van der Waals surface area contributed by atoms with Crippen molar-refractivity contribution < 1.29 is 4.79 Å². The standard InChI is InChI=1S/C20H28N4O/c1-16-13-23(15-18-7-4-3-5-8-18)14-17(2)20(16)22-19(25)9-12-24-11-6-10-21-24/h3-8,10-11,16-17,20H,9,12-15H2,1-2H3,(H,22,25)/t16-,17-/m1/s1. The number of amides is 1. The molecule has 1 N–H and O–H groups in total. The van der Waals surface area contributed by atoms with Crippen molar-refractivity contribution in [1.82, 2.24) is 20.0 Å². The summed E-state index contributed by atoms with van der Waals surface area (Å²) in [5.74, 6) is 1.01. The average molecular weight is 340 g/mol. The lowest BCUT2D eigenvalue weighted by atomic mass is 9.85. The molecule has 25 heavy (non-hydrogen) atoms. The van der Waals surface area contributed by atoms with Crippen LogP contribution in [0.4, 0.5) is 0 Å². The van der Waals surface area contributed by atoms with Gasteiger partial charge in [-0.2, -0.15) is 5.10 Å². The summed E-state index contributed by atoms with van der Waals surface area (Å²) in [7, 11) is 0. The van der Waals surface area contributed by atoms with Crippen LogP contribution < -0.4 is 5.32 Å². The van der Waals surface area contributed by atoms with Crippen LogP contribution >= 0.6 is 0 Å². The van der Waals surface area contributed by atoms with Gasteiger partial charge < -0.3 is 5.32 Å². The fraction of sp³-hybridized carbons (Fsp3) is 0.500. The van der Waals surface area contributed by atoms with Crippen LogP contribution in [0.3, 0.4) is 0 Å². The van der Waals surface area contributed by atoms with Gasteiger partial charge in [-0.25, -0.2) is 0 Å². The zero-order chi connectivity index (χ0) is 17.6. The van der Waals surface area contributed by atoms with E-state index >= 15 is 0 Å². The highest BCUT2D eigenvalue weighted by Gasteiger charge is 2.32. The smallest absolute Gasteiger partial charge is 0.222 e. The van der Waals surface area contributed by atoms with Gasteiger partial charge in [0.2, 0.25) is 5.91 Å². The van der Waals surface area contributed by atoms with E-state index in [2.05, 4.69) is 59.5 Å². The second kappa shape index (κ2) is 8.30. The van der Waals surface area contributed by atoms with Crippen LogP contribution in [0.1, 0.15) is 25.8 Å². The normalized spacial score (nSPS) is 22.0. The molecule has 0 aliphatic carbocycles. The fourth-order valence-corrected chi connectivity index (χ4v) is 3.84. The van der Waals surface area contributed by atoms with Gasteiger partial charge in [-0.05, 0) is 23.5 Å². The van der Waals surface area contributed by atoms with E-state index in [-0.39, 0.29) is 11.9 Å².